The van der Waals surface area contributed by atoms with Crippen LogP contribution in [0.3, 0.4) is 0 Å². The summed E-state index contributed by atoms with van der Waals surface area (Å²) >= 11 is 11.7. The highest BCUT2D eigenvalue weighted by Gasteiger charge is 2.22. The van der Waals surface area contributed by atoms with Crippen molar-refractivity contribution in [3.8, 4) is 5.75 Å². The Morgan fingerprint density at radius 2 is 1.80 bits per heavy atom. The molecule has 25 heavy (non-hydrogen) atoms. The second kappa shape index (κ2) is 9.30. The summed E-state index contributed by atoms with van der Waals surface area (Å²) in [7, 11) is 1.28. The van der Waals surface area contributed by atoms with Crippen molar-refractivity contribution in [2.24, 2.45) is 0 Å². The van der Waals surface area contributed by atoms with E-state index in [1.807, 2.05) is 30.3 Å². The third kappa shape index (κ3) is 5.96. The molecular formula is C18H17Cl2NO4. The summed E-state index contributed by atoms with van der Waals surface area (Å²) < 4.78 is 10.1. The molecule has 1 amide bonds. The highest BCUT2D eigenvalue weighted by atomic mass is 35.5. The largest absolute Gasteiger partial charge is 0.484 e. The molecule has 0 aliphatic rings. The minimum Gasteiger partial charge on any atom is -0.484 e. The summed E-state index contributed by atoms with van der Waals surface area (Å²) in [5.74, 6) is -0.564. The maximum absolute atomic E-state index is 12.1. The van der Waals surface area contributed by atoms with Gasteiger partial charge in [-0.2, -0.15) is 0 Å². The van der Waals surface area contributed by atoms with Crippen LogP contribution in [0.25, 0.3) is 0 Å². The predicted octanol–water partition coefficient (Wildman–Crippen LogP) is 3.27. The number of carbonyl (C=O) groups excluding carboxylic acids is 2. The van der Waals surface area contributed by atoms with E-state index >= 15 is 0 Å². The van der Waals surface area contributed by atoms with E-state index in [9.17, 15) is 9.59 Å². The molecule has 0 heterocycles. The predicted molar refractivity (Wildman–Crippen MR) is 96.0 cm³/mol. The molecule has 0 saturated heterocycles. The monoisotopic (exact) mass is 381 g/mol. The number of ether oxygens (including phenoxy) is 2. The molecule has 1 N–H and O–H groups in total. The van der Waals surface area contributed by atoms with Gasteiger partial charge in [0.15, 0.2) is 6.61 Å². The highest BCUT2D eigenvalue weighted by molar-refractivity contribution is 6.42. The van der Waals surface area contributed by atoms with Gasteiger partial charge in [-0.25, -0.2) is 4.79 Å². The summed E-state index contributed by atoms with van der Waals surface area (Å²) in [6.45, 7) is -0.264. The maximum atomic E-state index is 12.1. The van der Waals surface area contributed by atoms with Crippen molar-refractivity contribution in [1.29, 1.82) is 0 Å². The number of hydrogen-bond acceptors (Lipinski definition) is 4. The molecule has 2 rings (SSSR count). The fraction of sp³-hybridized carbons (Fsp3) is 0.222. The van der Waals surface area contributed by atoms with Crippen LogP contribution in [0.4, 0.5) is 0 Å². The van der Waals surface area contributed by atoms with E-state index < -0.39 is 17.9 Å². The van der Waals surface area contributed by atoms with Gasteiger partial charge in [0, 0.05) is 12.5 Å². The van der Waals surface area contributed by atoms with E-state index in [2.05, 4.69) is 5.32 Å². The van der Waals surface area contributed by atoms with Crippen molar-refractivity contribution < 1.29 is 19.1 Å². The fourth-order valence-electron chi connectivity index (χ4n) is 2.14. The highest BCUT2D eigenvalue weighted by Crippen LogP contribution is 2.26. The zero-order valence-electron chi connectivity index (χ0n) is 13.5. The van der Waals surface area contributed by atoms with Gasteiger partial charge in [-0.05, 0) is 17.7 Å². The van der Waals surface area contributed by atoms with Crippen LogP contribution in [0.2, 0.25) is 10.0 Å². The molecule has 1 atom stereocenters. The first-order valence-corrected chi connectivity index (χ1v) is 8.24. The molecule has 0 aliphatic carbocycles. The van der Waals surface area contributed by atoms with Crippen LogP contribution < -0.4 is 10.1 Å². The number of hydrogen-bond donors (Lipinski definition) is 1. The number of esters is 1. The zero-order chi connectivity index (χ0) is 18.2. The molecule has 0 radical (unpaired) electrons. The average molecular weight is 382 g/mol. The van der Waals surface area contributed by atoms with Crippen molar-refractivity contribution in [3.05, 3.63) is 64.1 Å². The van der Waals surface area contributed by atoms with Gasteiger partial charge in [0.25, 0.3) is 5.91 Å². The van der Waals surface area contributed by atoms with E-state index in [4.69, 9.17) is 32.7 Å². The summed E-state index contributed by atoms with van der Waals surface area (Å²) in [6, 6.07) is 13.2. The lowest BCUT2D eigenvalue weighted by atomic mass is 10.1. The molecule has 2 aromatic rings. The maximum Gasteiger partial charge on any atom is 0.328 e. The van der Waals surface area contributed by atoms with Crippen molar-refractivity contribution in [3.63, 3.8) is 0 Å². The molecule has 5 nitrogen and oxygen atoms in total. The molecule has 132 valence electrons. The molecule has 0 bridgehead atoms. The molecule has 7 heteroatoms. The van der Waals surface area contributed by atoms with Gasteiger partial charge >= 0.3 is 5.97 Å². The number of methoxy groups -OCH3 is 1. The van der Waals surface area contributed by atoms with Crippen LogP contribution in [-0.2, 0) is 20.7 Å². The van der Waals surface area contributed by atoms with Gasteiger partial charge in [-0.15, -0.1) is 0 Å². The van der Waals surface area contributed by atoms with Gasteiger partial charge in [0.1, 0.15) is 11.8 Å². The van der Waals surface area contributed by atoms with Crippen LogP contribution in [0.5, 0.6) is 5.75 Å². The van der Waals surface area contributed by atoms with E-state index in [1.54, 1.807) is 12.1 Å². The van der Waals surface area contributed by atoms with Crippen LogP contribution in [0.1, 0.15) is 5.56 Å². The normalized spacial score (nSPS) is 11.5. The summed E-state index contributed by atoms with van der Waals surface area (Å²) in [4.78, 5) is 24.0. The molecule has 0 saturated carbocycles. The summed E-state index contributed by atoms with van der Waals surface area (Å²) in [5.41, 5.74) is 0.906. The minimum atomic E-state index is -0.794. The number of nitrogens with one attached hydrogen (secondary N) is 1. The van der Waals surface area contributed by atoms with Gasteiger partial charge in [-0.3, -0.25) is 4.79 Å². The molecule has 2 aromatic carbocycles. The van der Waals surface area contributed by atoms with Crippen molar-refractivity contribution in [1.82, 2.24) is 5.32 Å². The lowest BCUT2D eigenvalue weighted by Crippen LogP contribution is -2.44. The standard InChI is InChI=1S/C18H17Cl2NO4/c1-24-18(23)16(9-12-5-3-2-4-6-12)21-17(22)11-25-13-7-8-14(19)15(20)10-13/h2-8,10,16H,9,11H2,1H3,(H,21,22)/t16-/m0/s1. The molecule has 0 fully saturated rings. The van der Waals surface area contributed by atoms with Gasteiger partial charge < -0.3 is 14.8 Å². The van der Waals surface area contributed by atoms with Crippen molar-refractivity contribution in [2.45, 2.75) is 12.5 Å². The van der Waals surface area contributed by atoms with Crippen LogP contribution in [0, 0.1) is 0 Å². The Hall–Kier alpha value is -2.24. The van der Waals surface area contributed by atoms with Crippen LogP contribution >= 0.6 is 23.2 Å². The average Bonchev–Trinajstić information content (AvgIpc) is 2.62. The second-order valence-corrected chi connectivity index (χ2v) is 6.01. The molecule has 0 unspecified atom stereocenters. The molecule has 0 aliphatic heterocycles. The minimum absolute atomic E-state index is 0.264. The first-order chi connectivity index (χ1) is 12.0. The second-order valence-electron chi connectivity index (χ2n) is 5.20. The van der Waals surface area contributed by atoms with Gasteiger partial charge in [0.2, 0.25) is 0 Å². The topological polar surface area (TPSA) is 64.6 Å². The first kappa shape index (κ1) is 19.1. The first-order valence-electron chi connectivity index (χ1n) is 7.48. The fourth-order valence-corrected chi connectivity index (χ4v) is 2.42. The van der Waals surface area contributed by atoms with E-state index in [0.717, 1.165) is 5.56 Å². The third-order valence-corrected chi connectivity index (χ3v) is 4.10. The van der Waals surface area contributed by atoms with Crippen molar-refractivity contribution in [2.75, 3.05) is 13.7 Å². The Kier molecular flexibility index (Phi) is 7.10. The Labute approximate surface area is 155 Å². The number of carbonyl (C=O) groups is 2. The lowest BCUT2D eigenvalue weighted by molar-refractivity contribution is -0.145. The zero-order valence-corrected chi connectivity index (χ0v) is 15.0. The quantitative estimate of drug-likeness (QED) is 0.747. The van der Waals surface area contributed by atoms with Crippen LogP contribution in [-0.4, -0.2) is 31.6 Å². The number of rotatable bonds is 7. The van der Waals surface area contributed by atoms with Gasteiger partial charge in [0.05, 0.1) is 17.2 Å². The SMILES string of the molecule is COC(=O)[C@H](Cc1ccccc1)NC(=O)COc1ccc(Cl)c(Cl)c1. The van der Waals surface area contributed by atoms with Crippen LogP contribution in [0.15, 0.2) is 48.5 Å². The molecule has 0 spiro atoms. The smallest absolute Gasteiger partial charge is 0.328 e. The van der Waals surface area contributed by atoms with E-state index in [0.29, 0.717) is 22.2 Å². The Morgan fingerprint density at radius 1 is 1.08 bits per heavy atom. The third-order valence-electron chi connectivity index (χ3n) is 3.36. The van der Waals surface area contributed by atoms with Gasteiger partial charge in [-0.1, -0.05) is 53.5 Å². The van der Waals surface area contributed by atoms with Crippen molar-refractivity contribution >= 4 is 35.1 Å². The van der Waals surface area contributed by atoms with E-state index in [-0.39, 0.29) is 6.61 Å². The number of benzene rings is 2. The number of halogens is 2. The summed E-state index contributed by atoms with van der Waals surface area (Å²) in [5, 5.41) is 3.34. The Morgan fingerprint density at radius 3 is 2.44 bits per heavy atom. The summed E-state index contributed by atoms with van der Waals surface area (Å²) in [6.07, 6.45) is 0.325. The molecule has 0 aromatic heterocycles. The number of amides is 1. The van der Waals surface area contributed by atoms with E-state index in [1.165, 1.54) is 13.2 Å². The lowest BCUT2D eigenvalue weighted by Gasteiger charge is -2.17. The Balaban J connectivity index is 1.94. The molecular weight excluding hydrogens is 365 g/mol. The Bertz CT molecular complexity index is 737.